The number of sulfone groups is 1. The van der Waals surface area contributed by atoms with Crippen molar-refractivity contribution in [2.24, 2.45) is 5.14 Å². The molecule has 1 aromatic rings. The van der Waals surface area contributed by atoms with Crippen molar-refractivity contribution in [1.29, 1.82) is 0 Å². The molecule has 0 aromatic carbocycles. The van der Waals surface area contributed by atoms with Gasteiger partial charge in [-0.3, -0.25) is 10.1 Å². The highest BCUT2D eigenvalue weighted by Gasteiger charge is 2.58. The maximum Gasteiger partial charge on any atom is 0.253 e. The zero-order valence-electron chi connectivity index (χ0n) is 16.4. The number of amides is 1. The Labute approximate surface area is 174 Å². The van der Waals surface area contributed by atoms with Crippen LogP contribution in [0, 0.1) is 0 Å². The minimum Gasteiger partial charge on any atom is -0.481 e. The third-order valence-corrected chi connectivity index (χ3v) is 7.96. The van der Waals surface area contributed by atoms with Crippen LogP contribution in [0.5, 0.6) is 11.8 Å². The van der Waals surface area contributed by atoms with E-state index < -0.39 is 41.5 Å². The number of allylic oxidation sites excluding steroid dienone is 2. The molecular weight excluding hydrogens is 440 g/mol. The number of methoxy groups -OCH3 is 3. The molecule has 2 unspecified atom stereocenters. The first kappa shape index (κ1) is 23.7. The number of carbonyl (C=O) groups excluding carboxylic acids is 1. The molecule has 2 atom stereocenters. The number of nitrogens with one attached hydrogen (secondary N) is 1. The van der Waals surface area contributed by atoms with Crippen molar-refractivity contribution >= 4 is 31.7 Å². The number of sulfonamides is 1. The predicted octanol–water partition coefficient (Wildman–Crippen LogP) is -0.985. The number of primary sulfonamides is 1. The van der Waals surface area contributed by atoms with Crippen molar-refractivity contribution < 1.29 is 35.8 Å². The number of ether oxygens (including phenoxy) is 3. The van der Waals surface area contributed by atoms with Gasteiger partial charge in [0.2, 0.25) is 27.7 Å². The van der Waals surface area contributed by atoms with Crippen LogP contribution in [-0.2, 0) is 29.4 Å². The van der Waals surface area contributed by atoms with E-state index in [9.17, 15) is 21.6 Å². The van der Waals surface area contributed by atoms with Crippen molar-refractivity contribution in [3.63, 3.8) is 0 Å². The van der Waals surface area contributed by atoms with Gasteiger partial charge in [-0.05, 0) is 0 Å². The third kappa shape index (κ3) is 4.61. The van der Waals surface area contributed by atoms with Gasteiger partial charge in [0, 0.05) is 7.11 Å². The van der Waals surface area contributed by atoms with Gasteiger partial charge in [-0.2, -0.15) is 9.97 Å². The highest BCUT2D eigenvalue weighted by molar-refractivity contribution is 7.96. The second kappa shape index (κ2) is 9.07. The molecule has 1 aromatic heterocycles. The summed E-state index contributed by atoms with van der Waals surface area (Å²) in [7, 11) is -5.06. The summed E-state index contributed by atoms with van der Waals surface area (Å²) in [5.41, 5.74) is 0. The average molecular weight is 463 g/mol. The van der Waals surface area contributed by atoms with E-state index in [1.807, 2.05) is 0 Å². The number of carbonyl (C=O) groups is 1. The molecule has 14 heteroatoms. The standard InChI is InChI=1S/C16H22N4O8S2/c1-26-8-9-29(22,23)16(7-5-4-6-11(16)30(17,24)25)14(21)20-15-18-12(27-2)10-13(19-15)28-3/h4-7,10-11H,8-9H2,1-3H3,(H2,17,24,25)(H,18,19,20,21). The molecule has 0 saturated carbocycles. The van der Waals surface area contributed by atoms with Crippen LogP contribution >= 0.6 is 0 Å². The van der Waals surface area contributed by atoms with Gasteiger partial charge in [0.25, 0.3) is 5.91 Å². The van der Waals surface area contributed by atoms with Crippen LogP contribution < -0.4 is 19.9 Å². The molecule has 3 N–H and O–H groups in total. The minimum atomic E-state index is -4.51. The first-order chi connectivity index (χ1) is 14.0. The molecule has 2 rings (SSSR count). The third-order valence-electron chi connectivity index (χ3n) is 4.27. The summed E-state index contributed by atoms with van der Waals surface area (Å²) < 4.78 is 63.0. The molecule has 1 aliphatic carbocycles. The van der Waals surface area contributed by atoms with Crippen LogP contribution in [0.3, 0.4) is 0 Å². The number of hydrogen-bond donors (Lipinski definition) is 2. The van der Waals surface area contributed by atoms with Crippen LogP contribution in [0.1, 0.15) is 0 Å². The van der Waals surface area contributed by atoms with E-state index in [2.05, 4.69) is 15.3 Å². The Morgan fingerprint density at radius 1 is 1.13 bits per heavy atom. The van der Waals surface area contributed by atoms with Crippen LogP contribution in [0.4, 0.5) is 5.95 Å². The molecule has 12 nitrogen and oxygen atoms in total. The molecular formula is C16H22N4O8S2. The van der Waals surface area contributed by atoms with Crippen molar-refractivity contribution in [3.05, 3.63) is 30.4 Å². The fourth-order valence-corrected chi connectivity index (χ4v) is 6.41. The lowest BCUT2D eigenvalue weighted by molar-refractivity contribution is -0.117. The summed E-state index contributed by atoms with van der Waals surface area (Å²) in [5, 5.41) is 5.63. The van der Waals surface area contributed by atoms with E-state index >= 15 is 0 Å². The van der Waals surface area contributed by atoms with Crippen molar-refractivity contribution in [2.75, 3.05) is 39.0 Å². The molecule has 1 aliphatic rings. The van der Waals surface area contributed by atoms with Gasteiger partial charge in [0.05, 0.1) is 32.6 Å². The molecule has 0 fully saturated rings. The van der Waals surface area contributed by atoms with E-state index in [0.717, 1.165) is 12.2 Å². The smallest absolute Gasteiger partial charge is 0.253 e. The van der Waals surface area contributed by atoms with Gasteiger partial charge in [-0.15, -0.1) is 0 Å². The molecule has 0 saturated heterocycles. The van der Waals surface area contributed by atoms with E-state index in [0.29, 0.717) is 0 Å². The van der Waals surface area contributed by atoms with Crippen molar-refractivity contribution in [2.45, 2.75) is 10.00 Å². The number of aromatic nitrogens is 2. The fourth-order valence-electron chi connectivity index (χ4n) is 2.81. The van der Waals surface area contributed by atoms with E-state index in [1.54, 1.807) is 0 Å². The Balaban J connectivity index is 2.62. The predicted molar refractivity (Wildman–Crippen MR) is 107 cm³/mol. The second-order valence-corrected chi connectivity index (χ2v) is 10.1. The molecule has 1 amide bonds. The van der Waals surface area contributed by atoms with Gasteiger partial charge in [-0.25, -0.2) is 22.0 Å². The zero-order valence-corrected chi connectivity index (χ0v) is 18.1. The Kier molecular flexibility index (Phi) is 7.18. The van der Waals surface area contributed by atoms with Crippen LogP contribution in [0.2, 0.25) is 0 Å². The summed E-state index contributed by atoms with van der Waals surface area (Å²) >= 11 is 0. The number of rotatable bonds is 9. The normalized spacial score (nSPS) is 21.3. The number of nitrogens with two attached hydrogens (primary N) is 1. The number of nitrogens with zero attached hydrogens (tertiary/aromatic N) is 2. The van der Waals surface area contributed by atoms with E-state index in [-0.39, 0.29) is 24.3 Å². The van der Waals surface area contributed by atoms with E-state index in [4.69, 9.17) is 19.3 Å². The first-order valence-corrected chi connectivity index (χ1v) is 11.7. The average Bonchev–Trinajstić information content (AvgIpc) is 2.70. The molecule has 0 aliphatic heterocycles. The maximum absolute atomic E-state index is 13.3. The highest BCUT2D eigenvalue weighted by Crippen LogP contribution is 2.34. The summed E-state index contributed by atoms with van der Waals surface area (Å²) in [6.07, 6.45) is 4.54. The molecule has 30 heavy (non-hydrogen) atoms. The molecule has 0 bridgehead atoms. The van der Waals surface area contributed by atoms with Crippen LogP contribution in [0.15, 0.2) is 30.4 Å². The van der Waals surface area contributed by atoms with Gasteiger partial charge in [0.1, 0.15) is 5.25 Å². The van der Waals surface area contributed by atoms with Gasteiger partial charge < -0.3 is 14.2 Å². The van der Waals surface area contributed by atoms with Crippen molar-refractivity contribution in [3.8, 4) is 11.8 Å². The fraction of sp³-hybridized carbons (Fsp3) is 0.438. The zero-order chi connectivity index (χ0) is 22.6. The topological polar surface area (TPSA) is 177 Å². The minimum absolute atomic E-state index is 0.0236. The Morgan fingerprint density at radius 2 is 1.73 bits per heavy atom. The van der Waals surface area contributed by atoms with E-state index in [1.165, 1.54) is 39.5 Å². The maximum atomic E-state index is 13.3. The lowest BCUT2D eigenvalue weighted by atomic mass is 9.98. The van der Waals surface area contributed by atoms with Crippen LogP contribution in [-0.4, -0.2) is 76.4 Å². The summed E-state index contributed by atoms with van der Waals surface area (Å²) in [4.78, 5) is 21.1. The summed E-state index contributed by atoms with van der Waals surface area (Å²) in [6.45, 7) is -0.268. The molecule has 0 radical (unpaired) electrons. The van der Waals surface area contributed by atoms with Gasteiger partial charge in [-0.1, -0.05) is 24.3 Å². The summed E-state index contributed by atoms with van der Waals surface area (Å²) in [6, 6.07) is 1.33. The highest BCUT2D eigenvalue weighted by atomic mass is 32.2. The van der Waals surface area contributed by atoms with Crippen LogP contribution in [0.25, 0.3) is 0 Å². The lowest BCUT2D eigenvalue weighted by Gasteiger charge is -2.34. The number of hydrogen-bond acceptors (Lipinski definition) is 10. The molecule has 166 valence electrons. The Morgan fingerprint density at radius 3 is 2.23 bits per heavy atom. The Bertz CT molecular complexity index is 1050. The quantitative estimate of drug-likeness (QED) is 0.463. The molecule has 0 spiro atoms. The Hall–Kier alpha value is -2.55. The molecule has 1 heterocycles. The van der Waals surface area contributed by atoms with Gasteiger partial charge >= 0.3 is 0 Å². The first-order valence-electron chi connectivity index (χ1n) is 8.39. The largest absolute Gasteiger partial charge is 0.481 e. The lowest BCUT2D eigenvalue weighted by Crippen LogP contribution is -2.61. The van der Waals surface area contributed by atoms with Gasteiger partial charge in [0.15, 0.2) is 14.6 Å². The monoisotopic (exact) mass is 462 g/mol. The summed E-state index contributed by atoms with van der Waals surface area (Å²) in [5.74, 6) is -2.16. The second-order valence-electron chi connectivity index (χ2n) is 6.09. The SMILES string of the molecule is COCCS(=O)(=O)C1(C(=O)Nc2nc(OC)cc(OC)n2)C=CC=CC1S(N)(=O)=O. The number of anilines is 1. The van der Waals surface area contributed by atoms with Crippen molar-refractivity contribution in [1.82, 2.24) is 9.97 Å².